The van der Waals surface area contributed by atoms with Crippen molar-refractivity contribution in [2.24, 2.45) is 0 Å². The minimum absolute atomic E-state index is 0.235. The van der Waals surface area contributed by atoms with Gasteiger partial charge in [-0.25, -0.2) is 4.79 Å². The fourth-order valence-corrected chi connectivity index (χ4v) is 4.18. The summed E-state index contributed by atoms with van der Waals surface area (Å²) in [4.78, 5) is 25.5. The maximum atomic E-state index is 12.5. The van der Waals surface area contributed by atoms with Gasteiger partial charge in [0.15, 0.2) is 6.61 Å². The van der Waals surface area contributed by atoms with E-state index in [1.54, 1.807) is 23.9 Å². The van der Waals surface area contributed by atoms with E-state index < -0.39 is 5.97 Å². The highest BCUT2D eigenvalue weighted by atomic mass is 32.2. The number of para-hydroxylation sites is 1. The van der Waals surface area contributed by atoms with Crippen molar-refractivity contribution in [2.45, 2.75) is 37.2 Å². The van der Waals surface area contributed by atoms with Crippen LogP contribution in [0.15, 0.2) is 53.4 Å². The summed E-state index contributed by atoms with van der Waals surface area (Å²) in [6, 6.07) is 14.9. The first-order valence-corrected chi connectivity index (χ1v) is 10.5. The molecule has 28 heavy (non-hydrogen) atoms. The van der Waals surface area contributed by atoms with Crippen LogP contribution in [0.1, 0.15) is 35.7 Å². The monoisotopic (exact) mass is 399 g/mol. The average molecular weight is 400 g/mol. The first-order chi connectivity index (χ1) is 13.7. The summed E-state index contributed by atoms with van der Waals surface area (Å²) in [5.74, 6) is -0.0356. The maximum absolute atomic E-state index is 12.5. The molecule has 0 aliphatic carbocycles. The second-order valence-corrected chi connectivity index (χ2v) is 7.64. The number of ether oxygens (including phenoxy) is 2. The molecular formula is C22H25NO4S. The molecule has 5 nitrogen and oxygen atoms in total. The van der Waals surface area contributed by atoms with Gasteiger partial charge in [0.05, 0.1) is 11.7 Å². The van der Waals surface area contributed by atoms with Gasteiger partial charge in [-0.05, 0) is 43.0 Å². The number of nitrogens with one attached hydrogen (secondary N) is 1. The number of benzene rings is 2. The fourth-order valence-electron chi connectivity index (χ4n) is 3.07. The predicted octanol–water partition coefficient (Wildman–Crippen LogP) is 4.32. The normalized spacial score (nSPS) is 16.0. The number of carbonyl (C=O) groups is 2. The Morgan fingerprint density at radius 1 is 1.18 bits per heavy atom. The third-order valence-electron chi connectivity index (χ3n) is 4.56. The third kappa shape index (κ3) is 5.59. The summed E-state index contributed by atoms with van der Waals surface area (Å²) in [6.07, 6.45) is 3.19. The van der Waals surface area contributed by atoms with Crippen molar-refractivity contribution in [1.29, 1.82) is 0 Å². The molecule has 6 heteroatoms. The summed E-state index contributed by atoms with van der Waals surface area (Å²) in [7, 11) is 0. The van der Waals surface area contributed by atoms with Gasteiger partial charge in [-0.1, -0.05) is 37.3 Å². The third-order valence-corrected chi connectivity index (χ3v) is 5.77. The second kappa shape index (κ2) is 10.3. The van der Waals surface area contributed by atoms with Crippen LogP contribution in [0.3, 0.4) is 0 Å². The van der Waals surface area contributed by atoms with Crippen LogP contribution in [0.4, 0.5) is 5.69 Å². The van der Waals surface area contributed by atoms with Gasteiger partial charge in [0.2, 0.25) is 0 Å². The molecule has 1 amide bonds. The number of thioether (sulfide) groups is 1. The highest BCUT2D eigenvalue weighted by Gasteiger charge is 2.19. The van der Waals surface area contributed by atoms with E-state index in [0.717, 1.165) is 47.8 Å². The van der Waals surface area contributed by atoms with Gasteiger partial charge in [0.1, 0.15) is 0 Å². The topological polar surface area (TPSA) is 64.6 Å². The lowest BCUT2D eigenvalue weighted by Gasteiger charge is -2.12. The molecule has 1 aliphatic rings. The van der Waals surface area contributed by atoms with Crippen LogP contribution in [-0.2, 0) is 20.7 Å². The Kier molecular flexibility index (Phi) is 7.51. The van der Waals surface area contributed by atoms with Crippen LogP contribution >= 0.6 is 11.8 Å². The molecule has 1 atom stereocenters. The first kappa shape index (κ1) is 20.4. The summed E-state index contributed by atoms with van der Waals surface area (Å²) in [5, 5.41) is 2.81. The van der Waals surface area contributed by atoms with Gasteiger partial charge in [0.25, 0.3) is 5.91 Å². The molecule has 0 radical (unpaired) electrons. The van der Waals surface area contributed by atoms with Gasteiger partial charge in [-0.2, -0.15) is 0 Å². The van der Waals surface area contributed by atoms with Crippen molar-refractivity contribution in [3.05, 3.63) is 59.7 Å². The van der Waals surface area contributed by atoms with Gasteiger partial charge < -0.3 is 14.8 Å². The SMILES string of the molecule is CCc1ccccc1NC(=O)COC(=O)c1ccccc1SCC1CCCO1. The number of rotatable bonds is 8. The molecule has 0 saturated carbocycles. The number of esters is 1. The molecule has 0 aromatic heterocycles. The number of hydrogen-bond acceptors (Lipinski definition) is 5. The summed E-state index contributed by atoms with van der Waals surface area (Å²) >= 11 is 1.59. The smallest absolute Gasteiger partial charge is 0.339 e. The Hall–Kier alpha value is -2.31. The predicted molar refractivity (Wildman–Crippen MR) is 111 cm³/mol. The maximum Gasteiger partial charge on any atom is 0.339 e. The largest absolute Gasteiger partial charge is 0.452 e. The van der Waals surface area contributed by atoms with Gasteiger partial charge in [-0.15, -0.1) is 11.8 Å². The van der Waals surface area contributed by atoms with E-state index >= 15 is 0 Å². The Morgan fingerprint density at radius 3 is 2.75 bits per heavy atom. The van der Waals surface area contributed by atoms with Crippen LogP contribution in [0, 0.1) is 0 Å². The molecule has 148 valence electrons. The lowest BCUT2D eigenvalue weighted by molar-refractivity contribution is -0.119. The summed E-state index contributed by atoms with van der Waals surface area (Å²) in [6.45, 7) is 2.52. The Bertz CT molecular complexity index is 818. The molecule has 1 unspecified atom stereocenters. The molecule has 2 aromatic rings. The van der Waals surface area contributed by atoms with Crippen LogP contribution in [-0.4, -0.2) is 36.9 Å². The van der Waals surface area contributed by atoms with Gasteiger partial charge >= 0.3 is 5.97 Å². The molecule has 1 saturated heterocycles. The number of aryl methyl sites for hydroxylation is 1. The molecule has 1 N–H and O–H groups in total. The van der Waals surface area contributed by atoms with Crippen LogP contribution in [0.5, 0.6) is 0 Å². The van der Waals surface area contributed by atoms with E-state index in [2.05, 4.69) is 5.32 Å². The van der Waals surface area contributed by atoms with E-state index in [0.29, 0.717) is 5.56 Å². The van der Waals surface area contributed by atoms with Crippen LogP contribution in [0.25, 0.3) is 0 Å². The van der Waals surface area contributed by atoms with Crippen molar-refractivity contribution < 1.29 is 19.1 Å². The Balaban J connectivity index is 1.55. The van der Waals surface area contributed by atoms with Crippen LogP contribution < -0.4 is 5.32 Å². The van der Waals surface area contributed by atoms with Crippen molar-refractivity contribution in [1.82, 2.24) is 0 Å². The lowest BCUT2D eigenvalue weighted by atomic mass is 10.1. The molecule has 1 aliphatic heterocycles. The van der Waals surface area contributed by atoms with Gasteiger partial charge in [-0.3, -0.25) is 4.79 Å². The first-order valence-electron chi connectivity index (χ1n) is 9.55. The zero-order chi connectivity index (χ0) is 19.8. The zero-order valence-electron chi connectivity index (χ0n) is 16.0. The molecule has 0 bridgehead atoms. The van der Waals surface area contributed by atoms with Gasteiger partial charge in [0, 0.05) is 22.9 Å². The van der Waals surface area contributed by atoms with Crippen LogP contribution in [0.2, 0.25) is 0 Å². The van der Waals surface area contributed by atoms with E-state index in [1.807, 2.05) is 43.3 Å². The Morgan fingerprint density at radius 2 is 1.96 bits per heavy atom. The molecule has 0 spiro atoms. The highest BCUT2D eigenvalue weighted by Crippen LogP contribution is 2.27. The number of anilines is 1. The van der Waals surface area contributed by atoms with E-state index in [9.17, 15) is 9.59 Å². The minimum Gasteiger partial charge on any atom is -0.452 e. The van der Waals surface area contributed by atoms with Crippen molar-refractivity contribution in [3.63, 3.8) is 0 Å². The average Bonchev–Trinajstić information content (AvgIpc) is 3.25. The van der Waals surface area contributed by atoms with E-state index in [1.165, 1.54) is 0 Å². The quantitative estimate of drug-likeness (QED) is 0.529. The molecule has 1 heterocycles. The minimum atomic E-state index is -0.491. The van der Waals surface area contributed by atoms with Crippen molar-refractivity contribution in [3.8, 4) is 0 Å². The zero-order valence-corrected chi connectivity index (χ0v) is 16.8. The van der Waals surface area contributed by atoms with Crippen molar-refractivity contribution >= 4 is 29.3 Å². The van der Waals surface area contributed by atoms with Crippen molar-refractivity contribution in [2.75, 3.05) is 24.3 Å². The molecule has 2 aromatic carbocycles. The molecular weight excluding hydrogens is 374 g/mol. The number of hydrogen-bond donors (Lipinski definition) is 1. The van der Waals surface area contributed by atoms with E-state index in [4.69, 9.17) is 9.47 Å². The fraction of sp³-hybridized carbons (Fsp3) is 0.364. The molecule has 3 rings (SSSR count). The molecule has 1 fully saturated rings. The number of carbonyl (C=O) groups excluding carboxylic acids is 2. The van der Waals surface area contributed by atoms with E-state index in [-0.39, 0.29) is 18.6 Å². The number of amides is 1. The second-order valence-electron chi connectivity index (χ2n) is 6.58. The summed E-state index contributed by atoms with van der Waals surface area (Å²) in [5.41, 5.74) is 2.27. The lowest BCUT2D eigenvalue weighted by Crippen LogP contribution is -2.21. The highest BCUT2D eigenvalue weighted by molar-refractivity contribution is 7.99. The Labute approximate surface area is 169 Å². The standard InChI is InChI=1S/C22H25NO4S/c1-2-16-8-3-5-11-19(16)23-21(24)14-27-22(25)18-10-4-6-12-20(18)28-15-17-9-7-13-26-17/h3-6,8,10-12,17H,2,7,9,13-15H2,1H3,(H,23,24). The summed E-state index contributed by atoms with van der Waals surface area (Å²) < 4.78 is 10.9.